The number of aliphatic imine (C=N–C) groups is 1. The van der Waals surface area contributed by atoms with Crippen molar-refractivity contribution in [3.8, 4) is 0 Å². The highest BCUT2D eigenvalue weighted by atomic mass is 35.5. The van der Waals surface area contributed by atoms with Crippen LogP contribution in [0.5, 0.6) is 0 Å². The van der Waals surface area contributed by atoms with Crippen LogP contribution in [0.25, 0.3) is 6.08 Å². The van der Waals surface area contributed by atoms with Crippen LogP contribution in [0.1, 0.15) is 11.1 Å². The predicted molar refractivity (Wildman–Crippen MR) is 106 cm³/mol. The second-order valence-corrected chi connectivity index (χ2v) is 7.11. The lowest BCUT2D eigenvalue weighted by atomic mass is 10.1. The maximum Gasteiger partial charge on any atom is 0.288 e. The lowest BCUT2D eigenvalue weighted by Crippen LogP contribution is -2.07. The topological polar surface area (TPSA) is 75.8 Å². The van der Waals surface area contributed by atoms with Gasteiger partial charge in [0.15, 0.2) is 0 Å². The van der Waals surface area contributed by atoms with Crippen molar-refractivity contribution in [3.05, 3.63) is 74.4 Å². The van der Waals surface area contributed by atoms with Crippen molar-refractivity contribution < 1.29 is 9.72 Å². The Hall–Kier alpha value is -2.64. The van der Waals surface area contributed by atoms with Crippen LogP contribution in [0.15, 0.2) is 53.2 Å². The lowest BCUT2D eigenvalue weighted by Gasteiger charge is -2.11. The molecular formula is C18H14ClN3O3S. The van der Waals surface area contributed by atoms with Crippen molar-refractivity contribution in [2.75, 3.05) is 19.0 Å². The van der Waals surface area contributed by atoms with Gasteiger partial charge in [-0.05, 0) is 41.6 Å². The third kappa shape index (κ3) is 3.79. The molecule has 6 nitrogen and oxygen atoms in total. The quantitative estimate of drug-likeness (QED) is 0.442. The van der Waals surface area contributed by atoms with Crippen LogP contribution in [0.2, 0.25) is 5.02 Å². The molecule has 0 N–H and O–H groups in total. The Kier molecular flexibility index (Phi) is 5.11. The molecule has 0 saturated heterocycles. The maximum atomic E-state index is 12.2. The molecule has 3 rings (SSSR count). The monoisotopic (exact) mass is 387 g/mol. The molecule has 26 heavy (non-hydrogen) atoms. The average molecular weight is 388 g/mol. The summed E-state index contributed by atoms with van der Waals surface area (Å²) in [5, 5.41) is 11.3. The number of carbonyl (C=O) groups is 1. The predicted octanol–water partition coefficient (Wildman–Crippen LogP) is 4.38. The van der Waals surface area contributed by atoms with Crippen molar-refractivity contribution in [1.29, 1.82) is 0 Å². The first kappa shape index (κ1) is 18.2. The lowest BCUT2D eigenvalue weighted by molar-refractivity contribution is -0.384. The number of hydrogen-bond acceptors (Lipinski definition) is 6. The molecule has 1 heterocycles. The van der Waals surface area contributed by atoms with Gasteiger partial charge in [-0.15, -0.1) is 0 Å². The second kappa shape index (κ2) is 7.31. The van der Waals surface area contributed by atoms with Gasteiger partial charge in [0.05, 0.1) is 4.92 Å². The largest absolute Gasteiger partial charge is 0.378 e. The Bertz CT molecular complexity index is 953. The van der Waals surface area contributed by atoms with Crippen LogP contribution < -0.4 is 4.90 Å². The highest BCUT2D eigenvalue weighted by molar-refractivity contribution is 8.27. The first-order chi connectivity index (χ1) is 12.3. The molecule has 2 aromatic rings. The Labute approximate surface area is 159 Å². The zero-order valence-corrected chi connectivity index (χ0v) is 15.5. The van der Waals surface area contributed by atoms with E-state index in [9.17, 15) is 14.9 Å². The summed E-state index contributed by atoms with van der Waals surface area (Å²) in [5.74, 6) is 0. The normalized spacial score (nSPS) is 15.3. The van der Waals surface area contributed by atoms with E-state index in [2.05, 4.69) is 4.99 Å². The number of rotatable bonds is 4. The van der Waals surface area contributed by atoms with Crippen molar-refractivity contribution in [2.24, 2.45) is 4.99 Å². The zero-order chi connectivity index (χ0) is 18.8. The molecule has 0 amide bonds. The van der Waals surface area contributed by atoms with Crippen LogP contribution in [-0.4, -0.2) is 29.2 Å². The van der Waals surface area contributed by atoms with Crippen molar-refractivity contribution >= 4 is 51.0 Å². The fourth-order valence-electron chi connectivity index (χ4n) is 2.34. The van der Waals surface area contributed by atoms with Crippen molar-refractivity contribution in [1.82, 2.24) is 0 Å². The van der Waals surface area contributed by atoms with Gasteiger partial charge in [0.25, 0.3) is 5.69 Å². The minimum atomic E-state index is -0.559. The Balaban J connectivity index is 1.91. The average Bonchev–Trinajstić information content (AvgIpc) is 2.96. The van der Waals surface area contributed by atoms with Crippen molar-refractivity contribution in [2.45, 2.75) is 0 Å². The minimum Gasteiger partial charge on any atom is -0.378 e. The summed E-state index contributed by atoms with van der Waals surface area (Å²) in [5.41, 5.74) is 2.49. The van der Waals surface area contributed by atoms with E-state index in [0.717, 1.165) is 23.0 Å². The van der Waals surface area contributed by atoms with Crippen molar-refractivity contribution in [3.63, 3.8) is 0 Å². The van der Waals surface area contributed by atoms with E-state index in [-0.39, 0.29) is 15.8 Å². The minimum absolute atomic E-state index is 0.0467. The standard InChI is InChI=1S/C18H14ClN3O3S/c1-21(2)13-6-3-11(4-7-13)9-15-18(23)26-17(20-15)12-5-8-14(19)16(10-12)22(24)25/h3-10H,1-2H3. The molecule has 0 radical (unpaired) electrons. The number of benzene rings is 2. The molecule has 2 aromatic carbocycles. The van der Waals surface area contributed by atoms with E-state index in [0.29, 0.717) is 16.3 Å². The second-order valence-electron chi connectivity index (χ2n) is 5.75. The van der Waals surface area contributed by atoms with E-state index in [1.165, 1.54) is 12.1 Å². The number of anilines is 1. The van der Waals surface area contributed by atoms with E-state index in [1.807, 2.05) is 43.3 Å². The van der Waals surface area contributed by atoms with Gasteiger partial charge in [0, 0.05) is 31.4 Å². The summed E-state index contributed by atoms with van der Waals surface area (Å²) in [6, 6.07) is 12.1. The van der Waals surface area contributed by atoms with Crippen LogP contribution in [0, 0.1) is 10.1 Å². The van der Waals surface area contributed by atoms with Gasteiger partial charge < -0.3 is 4.90 Å². The number of thioether (sulfide) groups is 1. The molecule has 0 aliphatic carbocycles. The molecule has 0 aromatic heterocycles. The Morgan fingerprint density at radius 3 is 2.50 bits per heavy atom. The highest BCUT2D eigenvalue weighted by Gasteiger charge is 2.25. The molecule has 1 aliphatic rings. The summed E-state index contributed by atoms with van der Waals surface area (Å²) in [4.78, 5) is 29.0. The first-order valence-electron chi connectivity index (χ1n) is 7.59. The van der Waals surface area contributed by atoms with Crippen LogP contribution >= 0.6 is 23.4 Å². The summed E-state index contributed by atoms with van der Waals surface area (Å²) in [7, 11) is 3.90. The van der Waals surface area contributed by atoms with E-state index in [4.69, 9.17) is 11.6 Å². The summed E-state index contributed by atoms with van der Waals surface area (Å²) < 4.78 is 0. The van der Waals surface area contributed by atoms with Gasteiger partial charge in [-0.1, -0.05) is 29.8 Å². The third-order valence-corrected chi connectivity index (χ3v) is 4.96. The van der Waals surface area contributed by atoms with Crippen LogP contribution in [0.3, 0.4) is 0 Å². The number of halogens is 1. The molecule has 0 unspecified atom stereocenters. The van der Waals surface area contributed by atoms with Gasteiger partial charge >= 0.3 is 0 Å². The molecular weight excluding hydrogens is 374 g/mol. The SMILES string of the molecule is CN(C)c1ccc(C=C2N=C(c3ccc(Cl)c([N+](=O)[O-])c3)SC2=O)cc1. The smallest absolute Gasteiger partial charge is 0.288 e. The summed E-state index contributed by atoms with van der Waals surface area (Å²) >= 11 is 6.78. The van der Waals surface area contributed by atoms with E-state index >= 15 is 0 Å². The van der Waals surface area contributed by atoms with Gasteiger partial charge in [0.2, 0.25) is 5.12 Å². The molecule has 8 heteroatoms. The molecule has 0 saturated carbocycles. The molecule has 0 spiro atoms. The highest BCUT2D eigenvalue weighted by Crippen LogP contribution is 2.32. The molecule has 0 fully saturated rings. The Morgan fingerprint density at radius 2 is 1.88 bits per heavy atom. The summed E-state index contributed by atoms with van der Waals surface area (Å²) in [6.45, 7) is 0. The van der Waals surface area contributed by atoms with E-state index < -0.39 is 4.92 Å². The molecule has 0 bridgehead atoms. The van der Waals surface area contributed by atoms with Gasteiger partial charge in [-0.25, -0.2) is 4.99 Å². The zero-order valence-electron chi connectivity index (χ0n) is 14.0. The fraction of sp³-hybridized carbons (Fsp3) is 0.111. The number of nitro groups is 1. The first-order valence-corrected chi connectivity index (χ1v) is 8.79. The molecule has 0 atom stereocenters. The van der Waals surface area contributed by atoms with Crippen LogP contribution in [-0.2, 0) is 4.79 Å². The number of carbonyl (C=O) groups excluding carboxylic acids is 1. The number of hydrogen-bond donors (Lipinski definition) is 0. The maximum absolute atomic E-state index is 12.2. The number of nitro benzene ring substituents is 1. The van der Waals surface area contributed by atoms with Crippen LogP contribution in [0.4, 0.5) is 11.4 Å². The van der Waals surface area contributed by atoms with Gasteiger partial charge in [0.1, 0.15) is 15.8 Å². The fourth-order valence-corrected chi connectivity index (χ4v) is 3.30. The molecule has 1 aliphatic heterocycles. The van der Waals surface area contributed by atoms with Gasteiger partial charge in [-0.2, -0.15) is 0 Å². The Morgan fingerprint density at radius 1 is 1.19 bits per heavy atom. The van der Waals surface area contributed by atoms with E-state index in [1.54, 1.807) is 12.1 Å². The third-order valence-electron chi connectivity index (χ3n) is 3.72. The molecule has 132 valence electrons. The number of nitrogens with zero attached hydrogens (tertiary/aromatic N) is 3. The summed E-state index contributed by atoms with van der Waals surface area (Å²) in [6.07, 6.45) is 1.70. The van der Waals surface area contributed by atoms with Gasteiger partial charge in [-0.3, -0.25) is 14.9 Å².